The fraction of sp³-hybridized carbons (Fsp3) is 0.727. The van der Waals surface area contributed by atoms with Crippen LogP contribution in [-0.4, -0.2) is 48.7 Å². The topological polar surface area (TPSA) is 79.3 Å². The van der Waals surface area contributed by atoms with Crippen molar-refractivity contribution in [2.24, 2.45) is 7.05 Å². The third kappa shape index (κ3) is 4.48. The molecule has 0 spiro atoms. The summed E-state index contributed by atoms with van der Waals surface area (Å²) in [6.07, 6.45) is 4.98. The molecule has 2 rings (SSSR count). The Hall–Kier alpha value is -1.12. The molecule has 19 heavy (non-hydrogen) atoms. The van der Waals surface area contributed by atoms with Gasteiger partial charge in [0, 0.05) is 38.9 Å². The monoisotopic (exact) mass is 287 g/mol. The Balaban J connectivity index is 1.76. The van der Waals surface area contributed by atoms with Crippen molar-refractivity contribution in [3.8, 4) is 0 Å². The molecule has 2 N–H and O–H groups in total. The van der Waals surface area contributed by atoms with Gasteiger partial charge in [0.1, 0.15) is 0 Å². The predicted molar refractivity (Wildman–Crippen MR) is 74.0 cm³/mol. The summed E-state index contributed by atoms with van der Waals surface area (Å²) in [6, 6.07) is 2.29. The molecule has 0 amide bonds. The molecule has 7 nitrogen and oxygen atoms in total. The molecule has 0 unspecified atom stereocenters. The van der Waals surface area contributed by atoms with Gasteiger partial charge in [-0.2, -0.15) is 17.8 Å². The van der Waals surface area contributed by atoms with Crippen LogP contribution in [0.1, 0.15) is 19.3 Å². The van der Waals surface area contributed by atoms with Crippen LogP contribution in [0.25, 0.3) is 0 Å². The minimum atomic E-state index is -3.51. The first kappa shape index (κ1) is 14.3. The molecule has 1 aromatic rings. The minimum absolute atomic E-state index is 0.338. The van der Waals surface area contributed by atoms with Gasteiger partial charge in [-0.15, -0.1) is 0 Å². The molecular weight excluding hydrogens is 266 g/mol. The van der Waals surface area contributed by atoms with Gasteiger partial charge in [-0.05, 0) is 25.8 Å². The molecule has 1 heterocycles. The molecule has 1 aromatic heterocycles. The van der Waals surface area contributed by atoms with Crippen molar-refractivity contribution in [2.75, 3.05) is 24.9 Å². The van der Waals surface area contributed by atoms with E-state index >= 15 is 0 Å². The lowest BCUT2D eigenvalue weighted by Gasteiger charge is -2.17. The molecule has 1 fully saturated rings. The van der Waals surface area contributed by atoms with Crippen LogP contribution in [0, 0.1) is 0 Å². The number of anilines is 1. The standard InChI is InChI=1S/C11H21N5O2S/c1-15-9-6-11(13-15)14-19(17,18)16(2)8-3-7-12-10-4-5-10/h6,9-10,12H,3-5,7-8H2,1-2H3,(H,13,14). The Morgan fingerprint density at radius 3 is 2.84 bits per heavy atom. The summed E-state index contributed by atoms with van der Waals surface area (Å²) in [4.78, 5) is 0. The van der Waals surface area contributed by atoms with Crippen molar-refractivity contribution in [1.29, 1.82) is 0 Å². The van der Waals surface area contributed by atoms with Crippen molar-refractivity contribution in [3.63, 3.8) is 0 Å². The van der Waals surface area contributed by atoms with Crippen molar-refractivity contribution in [2.45, 2.75) is 25.3 Å². The maximum atomic E-state index is 12.0. The third-order valence-electron chi connectivity index (χ3n) is 3.02. The van der Waals surface area contributed by atoms with Crippen LogP contribution in [0.4, 0.5) is 5.82 Å². The number of aromatic nitrogens is 2. The van der Waals surface area contributed by atoms with Crippen LogP contribution >= 0.6 is 0 Å². The zero-order valence-electron chi connectivity index (χ0n) is 11.3. The Bertz CT molecular complexity index is 509. The van der Waals surface area contributed by atoms with Crippen LogP contribution in [0.2, 0.25) is 0 Å². The molecule has 0 radical (unpaired) electrons. The summed E-state index contributed by atoms with van der Waals surface area (Å²) < 4.78 is 29.3. The number of rotatable bonds is 8. The lowest BCUT2D eigenvalue weighted by molar-refractivity contribution is 0.457. The molecule has 1 aliphatic carbocycles. The second-order valence-corrected chi connectivity index (χ2v) is 6.66. The number of hydrogen-bond donors (Lipinski definition) is 2. The lowest BCUT2D eigenvalue weighted by Crippen LogP contribution is -2.34. The van der Waals surface area contributed by atoms with Gasteiger partial charge in [-0.1, -0.05) is 0 Å². The molecule has 108 valence electrons. The first-order valence-electron chi connectivity index (χ1n) is 6.44. The second kappa shape index (κ2) is 5.89. The average molecular weight is 287 g/mol. The van der Waals surface area contributed by atoms with E-state index in [1.165, 1.54) is 17.1 Å². The quantitative estimate of drug-likeness (QED) is 0.667. The highest BCUT2D eigenvalue weighted by Gasteiger charge is 2.21. The maximum absolute atomic E-state index is 12.0. The lowest BCUT2D eigenvalue weighted by atomic mass is 10.4. The number of hydrogen-bond acceptors (Lipinski definition) is 4. The second-order valence-electron chi connectivity index (χ2n) is 4.89. The van der Waals surface area contributed by atoms with E-state index in [9.17, 15) is 8.42 Å². The van der Waals surface area contributed by atoms with E-state index in [0.717, 1.165) is 13.0 Å². The minimum Gasteiger partial charge on any atom is -0.314 e. The highest BCUT2D eigenvalue weighted by atomic mass is 32.2. The Kier molecular flexibility index (Phi) is 4.43. The zero-order chi connectivity index (χ0) is 13.9. The van der Waals surface area contributed by atoms with E-state index in [1.807, 2.05) is 0 Å². The summed E-state index contributed by atoms with van der Waals surface area (Å²) in [5.41, 5.74) is 0. The fourth-order valence-electron chi connectivity index (χ4n) is 1.70. The van der Waals surface area contributed by atoms with Gasteiger partial charge in [0.15, 0.2) is 5.82 Å². The summed E-state index contributed by atoms with van der Waals surface area (Å²) in [5.74, 6) is 0.338. The highest BCUT2D eigenvalue weighted by molar-refractivity contribution is 7.90. The molecular formula is C11H21N5O2S. The summed E-state index contributed by atoms with van der Waals surface area (Å²) >= 11 is 0. The van der Waals surface area contributed by atoms with Crippen molar-refractivity contribution < 1.29 is 8.42 Å². The summed E-state index contributed by atoms with van der Waals surface area (Å²) in [5, 5.41) is 7.35. The van der Waals surface area contributed by atoms with Crippen molar-refractivity contribution in [1.82, 2.24) is 19.4 Å². The van der Waals surface area contributed by atoms with E-state index in [1.54, 1.807) is 31.0 Å². The fourth-order valence-corrected chi connectivity index (χ4v) is 2.59. The molecule has 0 saturated heterocycles. The molecule has 1 aliphatic rings. The first-order chi connectivity index (χ1) is 8.97. The van der Waals surface area contributed by atoms with E-state index in [4.69, 9.17) is 0 Å². The Morgan fingerprint density at radius 2 is 2.26 bits per heavy atom. The zero-order valence-corrected chi connectivity index (χ0v) is 12.2. The molecule has 8 heteroatoms. The van der Waals surface area contributed by atoms with E-state index in [2.05, 4.69) is 15.1 Å². The van der Waals surface area contributed by atoms with Gasteiger partial charge in [0.2, 0.25) is 0 Å². The van der Waals surface area contributed by atoms with Gasteiger partial charge in [-0.3, -0.25) is 9.40 Å². The third-order valence-corrected chi connectivity index (χ3v) is 4.49. The van der Waals surface area contributed by atoms with Crippen LogP contribution in [0.15, 0.2) is 12.3 Å². The van der Waals surface area contributed by atoms with E-state index in [-0.39, 0.29) is 0 Å². The van der Waals surface area contributed by atoms with Gasteiger partial charge in [0.25, 0.3) is 0 Å². The van der Waals surface area contributed by atoms with Gasteiger partial charge >= 0.3 is 10.2 Å². The molecule has 0 bridgehead atoms. The summed E-state index contributed by atoms with van der Waals surface area (Å²) in [6.45, 7) is 1.34. The average Bonchev–Trinajstić information content (AvgIpc) is 3.08. The molecule has 0 aromatic carbocycles. The Morgan fingerprint density at radius 1 is 1.53 bits per heavy atom. The van der Waals surface area contributed by atoms with Gasteiger partial charge in [-0.25, -0.2) is 0 Å². The van der Waals surface area contributed by atoms with Crippen LogP contribution < -0.4 is 10.0 Å². The number of nitrogens with zero attached hydrogens (tertiary/aromatic N) is 3. The van der Waals surface area contributed by atoms with Gasteiger partial charge < -0.3 is 5.32 Å². The predicted octanol–water partition coefficient (Wildman–Crippen LogP) is 0.151. The maximum Gasteiger partial charge on any atom is 0.302 e. The Labute approximate surface area is 114 Å². The smallest absolute Gasteiger partial charge is 0.302 e. The number of nitrogens with one attached hydrogen (secondary N) is 2. The highest BCUT2D eigenvalue weighted by Crippen LogP contribution is 2.18. The number of aryl methyl sites for hydroxylation is 1. The molecule has 0 aliphatic heterocycles. The van der Waals surface area contributed by atoms with Crippen LogP contribution in [0.3, 0.4) is 0 Å². The van der Waals surface area contributed by atoms with Gasteiger partial charge in [0.05, 0.1) is 0 Å². The SMILES string of the molecule is CN(CCCNC1CC1)S(=O)(=O)Nc1ccn(C)n1. The van der Waals surface area contributed by atoms with Crippen LogP contribution in [0.5, 0.6) is 0 Å². The normalized spacial score (nSPS) is 15.9. The van der Waals surface area contributed by atoms with Crippen molar-refractivity contribution >= 4 is 16.0 Å². The largest absolute Gasteiger partial charge is 0.314 e. The molecule has 0 atom stereocenters. The van der Waals surface area contributed by atoms with E-state index in [0.29, 0.717) is 18.4 Å². The first-order valence-corrected chi connectivity index (χ1v) is 7.88. The van der Waals surface area contributed by atoms with E-state index < -0.39 is 10.2 Å². The molecule has 1 saturated carbocycles. The summed E-state index contributed by atoms with van der Waals surface area (Å²) in [7, 11) is -0.192. The van der Waals surface area contributed by atoms with Crippen LogP contribution in [-0.2, 0) is 17.3 Å². The van der Waals surface area contributed by atoms with Crippen molar-refractivity contribution in [3.05, 3.63) is 12.3 Å².